The predicted molar refractivity (Wildman–Crippen MR) is 83.0 cm³/mol. The molecule has 3 N–H and O–H groups in total. The molecule has 2 aromatic heterocycles. The average Bonchev–Trinajstić information content (AvgIpc) is 3.11. The Balaban J connectivity index is 1.59. The lowest BCUT2D eigenvalue weighted by Gasteiger charge is -2.10. The van der Waals surface area contributed by atoms with E-state index >= 15 is 0 Å². The average molecular weight is 328 g/mol. The fraction of sp³-hybridized carbons (Fsp3) is 0.267. The Kier molecular flexibility index (Phi) is 4.23. The van der Waals surface area contributed by atoms with Crippen LogP contribution in [0.2, 0.25) is 0 Å². The summed E-state index contributed by atoms with van der Waals surface area (Å²) in [7, 11) is 0. The highest BCUT2D eigenvalue weighted by Gasteiger charge is 2.31. The van der Waals surface area contributed by atoms with Gasteiger partial charge >= 0.3 is 6.03 Å². The fourth-order valence-electron chi connectivity index (χ4n) is 2.38. The molecule has 3 rings (SSSR count). The summed E-state index contributed by atoms with van der Waals surface area (Å²) in [6.45, 7) is 2.17. The maximum atomic E-state index is 11.9. The van der Waals surface area contributed by atoms with E-state index in [1.54, 1.807) is 24.7 Å². The minimum atomic E-state index is -0.820. The number of hydrogen-bond donors (Lipinski definition) is 3. The van der Waals surface area contributed by atoms with E-state index < -0.39 is 18.0 Å². The van der Waals surface area contributed by atoms with Crippen molar-refractivity contribution in [2.45, 2.75) is 25.9 Å². The number of imidazole rings is 1. The van der Waals surface area contributed by atoms with Gasteiger partial charge in [-0.25, -0.2) is 14.8 Å². The Hall–Kier alpha value is -3.23. The molecule has 0 aromatic carbocycles. The normalized spacial score (nSPS) is 16.6. The van der Waals surface area contributed by atoms with E-state index in [-0.39, 0.29) is 12.3 Å². The molecule has 24 heavy (non-hydrogen) atoms. The van der Waals surface area contributed by atoms with Crippen LogP contribution in [0.5, 0.6) is 0 Å². The van der Waals surface area contributed by atoms with Crippen molar-refractivity contribution in [2.24, 2.45) is 0 Å². The molecule has 4 amide bonds. The van der Waals surface area contributed by atoms with Crippen LogP contribution in [0.1, 0.15) is 17.8 Å². The zero-order valence-corrected chi connectivity index (χ0v) is 12.9. The van der Waals surface area contributed by atoms with E-state index in [1.807, 2.05) is 17.6 Å². The third-order valence-corrected chi connectivity index (χ3v) is 3.62. The number of pyridine rings is 1. The van der Waals surface area contributed by atoms with E-state index in [4.69, 9.17) is 0 Å². The van der Waals surface area contributed by atoms with Crippen LogP contribution in [0.25, 0.3) is 5.82 Å². The van der Waals surface area contributed by atoms with Crippen LogP contribution in [0.3, 0.4) is 0 Å². The minimum Gasteiger partial charge on any atom is -0.352 e. The summed E-state index contributed by atoms with van der Waals surface area (Å²) in [6.07, 6.45) is 5.05. The second-order valence-electron chi connectivity index (χ2n) is 5.36. The SMILES string of the molecule is Cc1nccn1-c1cc(CNC(=O)CC2NC(=O)NC2=O)ccn1. The van der Waals surface area contributed by atoms with E-state index in [0.717, 1.165) is 11.4 Å². The van der Waals surface area contributed by atoms with Crippen LogP contribution in [-0.2, 0) is 16.1 Å². The minimum absolute atomic E-state index is 0.101. The first-order valence-corrected chi connectivity index (χ1v) is 7.36. The maximum absolute atomic E-state index is 11.9. The molecule has 1 saturated heterocycles. The van der Waals surface area contributed by atoms with Gasteiger partial charge in [-0.2, -0.15) is 0 Å². The third-order valence-electron chi connectivity index (χ3n) is 3.62. The molecule has 1 aliphatic heterocycles. The van der Waals surface area contributed by atoms with Crippen molar-refractivity contribution < 1.29 is 14.4 Å². The van der Waals surface area contributed by atoms with Gasteiger partial charge in [0.1, 0.15) is 17.7 Å². The van der Waals surface area contributed by atoms with Gasteiger partial charge in [-0.1, -0.05) is 0 Å². The van der Waals surface area contributed by atoms with Crippen LogP contribution < -0.4 is 16.0 Å². The zero-order valence-electron chi connectivity index (χ0n) is 12.9. The lowest BCUT2D eigenvalue weighted by molar-refractivity contribution is -0.126. The first kappa shape index (κ1) is 15.7. The Bertz CT molecular complexity index is 800. The molecule has 0 bridgehead atoms. The number of imide groups is 1. The molecule has 9 heteroatoms. The number of urea groups is 1. The van der Waals surface area contributed by atoms with Gasteiger partial charge in [-0.3, -0.25) is 19.5 Å². The Labute approximate surface area is 137 Å². The molecule has 0 spiro atoms. The molecule has 1 fully saturated rings. The summed E-state index contributed by atoms with van der Waals surface area (Å²) >= 11 is 0. The highest BCUT2D eigenvalue weighted by atomic mass is 16.2. The zero-order chi connectivity index (χ0) is 17.1. The number of aryl methyl sites for hydroxylation is 1. The number of rotatable bonds is 5. The van der Waals surface area contributed by atoms with Gasteiger partial charge in [-0.05, 0) is 24.6 Å². The molecular weight excluding hydrogens is 312 g/mol. The molecule has 124 valence electrons. The van der Waals surface area contributed by atoms with E-state index in [0.29, 0.717) is 12.4 Å². The monoisotopic (exact) mass is 328 g/mol. The largest absolute Gasteiger partial charge is 0.352 e. The number of carbonyl (C=O) groups excluding carboxylic acids is 3. The summed E-state index contributed by atoms with van der Waals surface area (Å²) in [5, 5.41) is 7.20. The summed E-state index contributed by atoms with van der Waals surface area (Å²) in [4.78, 5) is 42.8. The van der Waals surface area contributed by atoms with Gasteiger partial charge < -0.3 is 10.6 Å². The Morgan fingerprint density at radius 3 is 2.83 bits per heavy atom. The molecule has 1 atom stereocenters. The van der Waals surface area contributed by atoms with Gasteiger partial charge in [0.05, 0.1) is 6.42 Å². The molecule has 0 radical (unpaired) electrons. The number of nitrogens with one attached hydrogen (secondary N) is 3. The van der Waals surface area contributed by atoms with E-state index in [2.05, 4.69) is 25.9 Å². The number of carbonyl (C=O) groups is 3. The van der Waals surface area contributed by atoms with E-state index in [1.165, 1.54) is 0 Å². The van der Waals surface area contributed by atoms with Gasteiger partial charge in [0.15, 0.2) is 0 Å². The summed E-state index contributed by atoms with van der Waals surface area (Å²) in [5.74, 6) is 0.706. The fourth-order valence-corrected chi connectivity index (χ4v) is 2.38. The van der Waals surface area contributed by atoms with Crippen molar-refractivity contribution >= 4 is 17.8 Å². The lowest BCUT2D eigenvalue weighted by Crippen LogP contribution is -2.36. The standard InChI is InChI=1S/C15H16N6O3/c1-9-16-4-5-21(9)12-6-10(2-3-17-12)8-18-13(22)7-11-14(23)20-15(24)19-11/h2-6,11H,7-8H2,1H3,(H,18,22)(H2,19,20,23,24). The van der Waals surface area contributed by atoms with Gasteiger partial charge in [0, 0.05) is 25.1 Å². The number of hydrogen-bond acceptors (Lipinski definition) is 5. The molecule has 2 aromatic rings. The lowest BCUT2D eigenvalue weighted by atomic mass is 10.2. The quantitative estimate of drug-likeness (QED) is 0.656. The summed E-state index contributed by atoms with van der Waals surface area (Å²) in [5.41, 5.74) is 0.862. The van der Waals surface area contributed by atoms with Gasteiger partial charge in [0.25, 0.3) is 5.91 Å². The second-order valence-corrected chi connectivity index (χ2v) is 5.36. The van der Waals surface area contributed by atoms with Crippen molar-refractivity contribution in [3.05, 3.63) is 42.1 Å². The molecule has 0 saturated carbocycles. The summed E-state index contributed by atoms with van der Waals surface area (Å²) in [6, 6.07) is 2.24. The molecule has 3 heterocycles. The molecule has 9 nitrogen and oxygen atoms in total. The van der Waals surface area contributed by atoms with Crippen LogP contribution in [0.4, 0.5) is 4.79 Å². The van der Waals surface area contributed by atoms with Crippen molar-refractivity contribution in [1.29, 1.82) is 0 Å². The second kappa shape index (κ2) is 6.49. The van der Waals surface area contributed by atoms with Crippen LogP contribution in [0.15, 0.2) is 30.7 Å². The highest BCUT2D eigenvalue weighted by Crippen LogP contribution is 2.09. The number of aromatic nitrogens is 3. The van der Waals surface area contributed by atoms with Gasteiger partial charge in [0.2, 0.25) is 5.91 Å². The maximum Gasteiger partial charge on any atom is 0.322 e. The number of nitrogens with zero attached hydrogens (tertiary/aromatic N) is 3. The molecular formula is C15H16N6O3. The van der Waals surface area contributed by atoms with Crippen LogP contribution in [0, 0.1) is 6.92 Å². The van der Waals surface area contributed by atoms with Crippen molar-refractivity contribution in [3.63, 3.8) is 0 Å². The van der Waals surface area contributed by atoms with Crippen molar-refractivity contribution in [3.8, 4) is 5.82 Å². The van der Waals surface area contributed by atoms with Crippen LogP contribution in [-0.4, -0.2) is 38.4 Å². The molecule has 1 unspecified atom stereocenters. The van der Waals surface area contributed by atoms with E-state index in [9.17, 15) is 14.4 Å². The molecule has 0 aliphatic carbocycles. The highest BCUT2D eigenvalue weighted by molar-refractivity contribution is 6.05. The van der Waals surface area contributed by atoms with Crippen LogP contribution >= 0.6 is 0 Å². The predicted octanol–water partition coefficient (Wildman–Crippen LogP) is -0.210. The topological polar surface area (TPSA) is 118 Å². The Morgan fingerprint density at radius 2 is 2.17 bits per heavy atom. The molecule has 1 aliphatic rings. The van der Waals surface area contributed by atoms with Crippen molar-refractivity contribution in [2.75, 3.05) is 0 Å². The smallest absolute Gasteiger partial charge is 0.322 e. The first-order chi connectivity index (χ1) is 11.5. The third kappa shape index (κ3) is 3.40. The number of amides is 4. The summed E-state index contributed by atoms with van der Waals surface area (Å²) < 4.78 is 1.84. The Morgan fingerprint density at radius 1 is 1.33 bits per heavy atom. The van der Waals surface area contributed by atoms with Crippen molar-refractivity contribution in [1.82, 2.24) is 30.5 Å². The first-order valence-electron chi connectivity index (χ1n) is 7.36. The van der Waals surface area contributed by atoms with Gasteiger partial charge in [-0.15, -0.1) is 0 Å².